The number of likely N-dealkylation sites (tertiary alicyclic amines) is 1. The Balaban J connectivity index is 1.66. The number of rotatable bonds is 3. The van der Waals surface area contributed by atoms with Crippen LogP contribution in [0.15, 0.2) is 34.1 Å². The first-order valence-electron chi connectivity index (χ1n) is 8.62. The van der Waals surface area contributed by atoms with Crippen molar-refractivity contribution in [2.45, 2.75) is 26.3 Å². The molecule has 0 unspecified atom stereocenters. The Hall–Kier alpha value is -2.67. The van der Waals surface area contributed by atoms with E-state index in [0.29, 0.717) is 4.88 Å². The number of amides is 1. The average Bonchev–Trinajstić information content (AvgIpc) is 3.32. The molecule has 2 aromatic rings. The molecule has 0 radical (unpaired) electrons. The van der Waals surface area contributed by atoms with Crippen molar-refractivity contribution in [1.82, 2.24) is 9.47 Å². The second kappa shape index (κ2) is 6.57. The molecule has 0 saturated carbocycles. The summed E-state index contributed by atoms with van der Waals surface area (Å²) < 4.78 is 1.16. The molecule has 26 heavy (non-hydrogen) atoms. The van der Waals surface area contributed by atoms with E-state index >= 15 is 0 Å². The fourth-order valence-electron chi connectivity index (χ4n) is 3.40. The highest BCUT2D eigenvalue weighted by Crippen LogP contribution is 2.37. The summed E-state index contributed by atoms with van der Waals surface area (Å²) in [6, 6.07) is 7.76. The van der Waals surface area contributed by atoms with Crippen molar-refractivity contribution in [3.8, 4) is 5.88 Å². The summed E-state index contributed by atoms with van der Waals surface area (Å²) in [6.45, 7) is 3.23. The Morgan fingerprint density at radius 2 is 2.04 bits per heavy atom. The fourth-order valence-corrected chi connectivity index (χ4v) is 4.23. The van der Waals surface area contributed by atoms with Gasteiger partial charge in [0, 0.05) is 29.9 Å². The highest BCUT2D eigenvalue weighted by molar-refractivity contribution is 7.10. The first kappa shape index (κ1) is 16.8. The van der Waals surface area contributed by atoms with E-state index in [2.05, 4.69) is 4.99 Å². The lowest BCUT2D eigenvalue weighted by atomic mass is 10.0. The van der Waals surface area contributed by atoms with E-state index in [1.165, 1.54) is 0 Å². The van der Waals surface area contributed by atoms with Gasteiger partial charge in [0.1, 0.15) is 6.54 Å². The van der Waals surface area contributed by atoms with Crippen LogP contribution in [0.2, 0.25) is 0 Å². The minimum Gasteiger partial charge on any atom is -0.493 e. The van der Waals surface area contributed by atoms with E-state index in [1.54, 1.807) is 11.0 Å². The third kappa shape index (κ3) is 2.88. The maximum atomic E-state index is 12.3. The number of aromatic nitrogens is 1. The van der Waals surface area contributed by atoms with Crippen molar-refractivity contribution in [2.75, 3.05) is 13.1 Å². The average molecular weight is 369 g/mol. The molecule has 6 nitrogen and oxygen atoms in total. The Morgan fingerprint density at radius 3 is 2.81 bits per heavy atom. The SMILES string of the molecule is CC1=Nc2ccccc2/C1=C\c1sc(=O)n(CC(=O)N2CCCC2)c1O. The smallest absolute Gasteiger partial charge is 0.311 e. The van der Waals surface area contributed by atoms with Crippen LogP contribution in [0.4, 0.5) is 5.69 Å². The maximum absolute atomic E-state index is 12.3. The summed E-state index contributed by atoms with van der Waals surface area (Å²) in [5.41, 5.74) is 3.58. The summed E-state index contributed by atoms with van der Waals surface area (Å²) >= 11 is 0.944. The van der Waals surface area contributed by atoms with Gasteiger partial charge in [-0.25, -0.2) is 0 Å². The number of fused-ring (bicyclic) bond motifs is 1. The van der Waals surface area contributed by atoms with Gasteiger partial charge >= 0.3 is 4.87 Å². The molecule has 134 valence electrons. The lowest BCUT2D eigenvalue weighted by Crippen LogP contribution is -2.33. The lowest BCUT2D eigenvalue weighted by molar-refractivity contribution is -0.130. The van der Waals surface area contributed by atoms with Gasteiger partial charge in [0.25, 0.3) is 0 Å². The zero-order valence-electron chi connectivity index (χ0n) is 14.4. The molecule has 1 amide bonds. The zero-order valence-corrected chi connectivity index (χ0v) is 15.3. The molecule has 0 spiro atoms. The second-order valence-electron chi connectivity index (χ2n) is 6.50. The maximum Gasteiger partial charge on any atom is 0.311 e. The summed E-state index contributed by atoms with van der Waals surface area (Å²) in [5, 5.41) is 10.5. The number of hydrogen-bond donors (Lipinski definition) is 1. The Morgan fingerprint density at radius 1 is 1.31 bits per heavy atom. The van der Waals surface area contributed by atoms with Gasteiger partial charge in [-0.2, -0.15) is 0 Å². The number of carbonyl (C=O) groups is 1. The predicted molar refractivity (Wildman–Crippen MR) is 103 cm³/mol. The third-order valence-corrected chi connectivity index (χ3v) is 5.71. The Bertz CT molecular complexity index is 994. The van der Waals surface area contributed by atoms with E-state index in [1.807, 2.05) is 31.2 Å². The standard InChI is InChI=1S/C19H19N3O3S/c1-12-14(13-6-2-3-7-15(13)20-12)10-16-18(24)22(19(25)26-16)11-17(23)21-8-4-5-9-21/h2-3,6-7,10,24H,4-5,8-9,11H2,1H3/b14-10-. The van der Waals surface area contributed by atoms with E-state index in [4.69, 9.17) is 0 Å². The molecule has 7 heteroatoms. The van der Waals surface area contributed by atoms with Crippen molar-refractivity contribution in [1.29, 1.82) is 0 Å². The van der Waals surface area contributed by atoms with E-state index < -0.39 is 0 Å². The van der Waals surface area contributed by atoms with Crippen LogP contribution in [-0.4, -0.2) is 39.3 Å². The molecule has 2 aliphatic rings. The monoisotopic (exact) mass is 369 g/mol. The van der Waals surface area contributed by atoms with Crippen molar-refractivity contribution in [3.63, 3.8) is 0 Å². The molecule has 1 aromatic heterocycles. The number of thiazole rings is 1. The number of para-hydroxylation sites is 1. The molecule has 0 atom stereocenters. The number of nitrogens with zero attached hydrogens (tertiary/aromatic N) is 3. The minimum atomic E-state index is -0.331. The third-order valence-electron chi connectivity index (χ3n) is 4.79. The number of allylic oxidation sites excluding steroid dienone is 1. The first-order valence-corrected chi connectivity index (χ1v) is 9.43. The molecule has 4 rings (SSSR count). The van der Waals surface area contributed by atoms with Gasteiger partial charge in [0.2, 0.25) is 11.8 Å². The summed E-state index contributed by atoms with van der Waals surface area (Å²) in [5.74, 6) is -0.280. The van der Waals surface area contributed by atoms with Crippen LogP contribution in [0.25, 0.3) is 11.6 Å². The number of carbonyl (C=O) groups excluding carboxylic acids is 1. The minimum absolute atomic E-state index is 0.117. The molecular formula is C19H19N3O3S. The topological polar surface area (TPSA) is 74.9 Å². The number of aromatic hydroxyl groups is 1. The number of benzene rings is 1. The highest BCUT2D eigenvalue weighted by atomic mass is 32.1. The van der Waals surface area contributed by atoms with Crippen molar-refractivity contribution in [2.24, 2.45) is 4.99 Å². The molecule has 1 fully saturated rings. The van der Waals surface area contributed by atoms with Gasteiger partial charge in [0.05, 0.1) is 10.6 Å². The lowest BCUT2D eigenvalue weighted by Gasteiger charge is -2.15. The molecule has 1 aromatic carbocycles. The molecule has 1 saturated heterocycles. The van der Waals surface area contributed by atoms with Gasteiger partial charge in [0.15, 0.2) is 0 Å². The molecular weight excluding hydrogens is 350 g/mol. The van der Waals surface area contributed by atoms with E-state index in [9.17, 15) is 14.7 Å². The summed E-state index contributed by atoms with van der Waals surface area (Å²) in [6.07, 6.45) is 3.76. The Labute approximate surface area is 154 Å². The van der Waals surface area contributed by atoms with E-state index in [0.717, 1.165) is 64.4 Å². The van der Waals surface area contributed by atoms with Crippen LogP contribution in [-0.2, 0) is 11.3 Å². The van der Waals surface area contributed by atoms with Gasteiger partial charge in [-0.3, -0.25) is 19.1 Å². The second-order valence-corrected chi connectivity index (χ2v) is 7.50. The zero-order chi connectivity index (χ0) is 18.3. The first-order chi connectivity index (χ1) is 12.5. The van der Waals surface area contributed by atoms with Gasteiger partial charge in [-0.05, 0) is 31.9 Å². The molecule has 0 bridgehead atoms. The van der Waals surface area contributed by atoms with Crippen LogP contribution in [0.3, 0.4) is 0 Å². The molecule has 3 heterocycles. The van der Waals surface area contributed by atoms with Crippen LogP contribution in [0.1, 0.15) is 30.2 Å². The predicted octanol–water partition coefficient (Wildman–Crippen LogP) is 2.88. The van der Waals surface area contributed by atoms with Gasteiger partial charge in [-0.15, -0.1) is 0 Å². The van der Waals surface area contributed by atoms with Crippen molar-refractivity contribution >= 4 is 40.3 Å². The van der Waals surface area contributed by atoms with Gasteiger partial charge in [-0.1, -0.05) is 29.5 Å². The van der Waals surface area contributed by atoms with Crippen LogP contribution in [0.5, 0.6) is 5.88 Å². The molecule has 1 N–H and O–H groups in total. The molecule has 2 aliphatic heterocycles. The van der Waals surface area contributed by atoms with Gasteiger partial charge < -0.3 is 10.0 Å². The highest BCUT2D eigenvalue weighted by Gasteiger charge is 2.23. The fraction of sp³-hybridized carbons (Fsp3) is 0.316. The Kier molecular flexibility index (Phi) is 4.24. The largest absolute Gasteiger partial charge is 0.493 e. The van der Waals surface area contributed by atoms with Crippen LogP contribution >= 0.6 is 11.3 Å². The molecule has 0 aliphatic carbocycles. The van der Waals surface area contributed by atoms with Crippen LogP contribution in [0, 0.1) is 0 Å². The number of hydrogen-bond acceptors (Lipinski definition) is 5. The van der Waals surface area contributed by atoms with Crippen LogP contribution < -0.4 is 4.87 Å². The van der Waals surface area contributed by atoms with E-state index in [-0.39, 0.29) is 23.2 Å². The van der Waals surface area contributed by atoms with Crippen molar-refractivity contribution in [3.05, 3.63) is 44.4 Å². The quantitative estimate of drug-likeness (QED) is 0.904. The normalized spacial score (nSPS) is 17.7. The van der Waals surface area contributed by atoms with Crippen molar-refractivity contribution < 1.29 is 9.90 Å². The summed E-state index contributed by atoms with van der Waals surface area (Å²) in [7, 11) is 0. The number of aliphatic imine (C=N–C) groups is 1. The summed E-state index contributed by atoms with van der Waals surface area (Å²) in [4.78, 5) is 31.0.